The third kappa shape index (κ3) is 3.54. The summed E-state index contributed by atoms with van der Waals surface area (Å²) < 4.78 is 0. The molecule has 0 bridgehead atoms. The Bertz CT molecular complexity index is 305. The summed E-state index contributed by atoms with van der Waals surface area (Å²) in [6.45, 7) is 0. The molecule has 0 aliphatic heterocycles. The van der Waals surface area contributed by atoms with E-state index in [1.165, 1.54) is 11.3 Å². The molecule has 0 heterocycles. The van der Waals surface area contributed by atoms with Gasteiger partial charge >= 0.3 is 0 Å². The molecule has 0 amide bonds. The fraction of sp³-hybridized carbons (Fsp3) is 0.333. The predicted molar refractivity (Wildman–Crippen MR) is 68.2 cm³/mol. The molecular formula is C12H16BrN. The Morgan fingerprint density at radius 3 is 2.79 bits per heavy atom. The van der Waals surface area contributed by atoms with Crippen LogP contribution in [0.15, 0.2) is 30.3 Å². The van der Waals surface area contributed by atoms with E-state index in [0.29, 0.717) is 0 Å². The van der Waals surface area contributed by atoms with E-state index in [4.69, 9.17) is 0 Å². The van der Waals surface area contributed by atoms with Crippen molar-refractivity contribution < 1.29 is 0 Å². The minimum atomic E-state index is 1.02. The molecule has 1 rings (SSSR count). The van der Waals surface area contributed by atoms with Crippen LogP contribution in [0.4, 0.5) is 5.69 Å². The smallest absolute Gasteiger partial charge is 0.0367 e. The minimum absolute atomic E-state index is 1.02. The van der Waals surface area contributed by atoms with Gasteiger partial charge in [0, 0.05) is 25.1 Å². The van der Waals surface area contributed by atoms with Crippen LogP contribution in [-0.2, 0) is 0 Å². The highest BCUT2D eigenvalue weighted by Crippen LogP contribution is 2.14. The van der Waals surface area contributed by atoms with Gasteiger partial charge in [0.05, 0.1) is 0 Å². The Hall–Kier alpha value is -0.760. The fourth-order valence-electron chi connectivity index (χ4n) is 1.19. The number of halogens is 1. The van der Waals surface area contributed by atoms with Gasteiger partial charge in [-0.05, 0) is 24.1 Å². The van der Waals surface area contributed by atoms with E-state index in [1.54, 1.807) is 0 Å². The summed E-state index contributed by atoms with van der Waals surface area (Å²) in [4.78, 5) is 2.11. The highest BCUT2D eigenvalue weighted by atomic mass is 79.9. The molecule has 14 heavy (non-hydrogen) atoms. The van der Waals surface area contributed by atoms with E-state index in [-0.39, 0.29) is 0 Å². The van der Waals surface area contributed by atoms with Gasteiger partial charge in [0.1, 0.15) is 0 Å². The lowest BCUT2D eigenvalue weighted by Gasteiger charge is -2.12. The predicted octanol–water partition coefficient (Wildman–Crippen LogP) is 3.55. The largest absolute Gasteiger partial charge is 0.378 e. The molecule has 0 aliphatic carbocycles. The molecule has 1 nitrogen and oxygen atoms in total. The number of hydrogen-bond acceptors (Lipinski definition) is 1. The molecule has 0 aliphatic rings. The third-order valence-electron chi connectivity index (χ3n) is 1.97. The van der Waals surface area contributed by atoms with Crippen LogP contribution < -0.4 is 4.90 Å². The van der Waals surface area contributed by atoms with Crippen molar-refractivity contribution in [3.8, 4) is 0 Å². The van der Waals surface area contributed by atoms with Gasteiger partial charge in [-0.2, -0.15) is 0 Å². The lowest BCUT2D eigenvalue weighted by Crippen LogP contribution is -2.08. The second-order valence-electron chi connectivity index (χ2n) is 3.37. The number of allylic oxidation sites excluding steroid dienone is 1. The highest BCUT2D eigenvalue weighted by Gasteiger charge is 1.93. The van der Waals surface area contributed by atoms with Crippen molar-refractivity contribution in [1.29, 1.82) is 0 Å². The molecule has 0 radical (unpaired) electrons. The molecule has 0 fully saturated rings. The van der Waals surface area contributed by atoms with E-state index in [1.807, 2.05) is 0 Å². The first-order valence-corrected chi connectivity index (χ1v) is 5.86. The third-order valence-corrected chi connectivity index (χ3v) is 2.43. The van der Waals surface area contributed by atoms with Gasteiger partial charge in [0.25, 0.3) is 0 Å². The maximum absolute atomic E-state index is 3.40. The van der Waals surface area contributed by atoms with Gasteiger partial charge in [-0.25, -0.2) is 0 Å². The zero-order valence-corrected chi connectivity index (χ0v) is 10.3. The van der Waals surface area contributed by atoms with E-state index < -0.39 is 0 Å². The number of benzene rings is 1. The van der Waals surface area contributed by atoms with Crippen LogP contribution >= 0.6 is 15.9 Å². The molecule has 0 saturated carbocycles. The normalized spacial score (nSPS) is 10.8. The van der Waals surface area contributed by atoms with Crippen LogP contribution in [0.2, 0.25) is 0 Å². The Morgan fingerprint density at radius 1 is 1.36 bits per heavy atom. The molecule has 0 aromatic heterocycles. The Labute approximate surface area is 94.6 Å². The van der Waals surface area contributed by atoms with Gasteiger partial charge in [-0.15, -0.1) is 0 Å². The zero-order valence-electron chi connectivity index (χ0n) is 8.70. The summed E-state index contributed by atoms with van der Waals surface area (Å²) in [7, 11) is 4.11. The number of anilines is 1. The Balaban J connectivity index is 2.73. The molecule has 0 saturated heterocycles. The van der Waals surface area contributed by atoms with Crippen LogP contribution in [0.1, 0.15) is 12.0 Å². The van der Waals surface area contributed by atoms with Gasteiger partial charge in [-0.1, -0.05) is 40.2 Å². The lowest BCUT2D eigenvalue weighted by atomic mass is 10.1. The molecule has 2 heteroatoms. The maximum Gasteiger partial charge on any atom is 0.0367 e. The van der Waals surface area contributed by atoms with Crippen molar-refractivity contribution >= 4 is 27.7 Å². The SMILES string of the molecule is CN(C)c1cccc(C=CCCBr)c1. The van der Waals surface area contributed by atoms with Crippen molar-refractivity contribution in [2.24, 2.45) is 0 Å². The first-order chi connectivity index (χ1) is 6.74. The summed E-state index contributed by atoms with van der Waals surface area (Å²) in [5.41, 5.74) is 2.50. The van der Waals surface area contributed by atoms with Crippen molar-refractivity contribution in [3.05, 3.63) is 35.9 Å². The Kier molecular flexibility index (Phi) is 4.74. The second kappa shape index (κ2) is 5.86. The van der Waals surface area contributed by atoms with Crippen molar-refractivity contribution in [2.75, 3.05) is 24.3 Å². The molecule has 0 N–H and O–H groups in total. The first-order valence-electron chi connectivity index (χ1n) is 4.74. The second-order valence-corrected chi connectivity index (χ2v) is 4.16. The monoisotopic (exact) mass is 253 g/mol. The van der Waals surface area contributed by atoms with Crippen LogP contribution in [0.5, 0.6) is 0 Å². The molecule has 0 atom stereocenters. The fourth-order valence-corrected chi connectivity index (χ4v) is 1.45. The van der Waals surface area contributed by atoms with E-state index >= 15 is 0 Å². The van der Waals surface area contributed by atoms with E-state index in [0.717, 1.165) is 11.8 Å². The summed E-state index contributed by atoms with van der Waals surface area (Å²) in [5.74, 6) is 0. The van der Waals surface area contributed by atoms with Crippen LogP contribution in [0, 0.1) is 0 Å². The van der Waals surface area contributed by atoms with Crippen LogP contribution in [-0.4, -0.2) is 19.4 Å². The highest BCUT2D eigenvalue weighted by molar-refractivity contribution is 9.09. The van der Waals surface area contributed by atoms with Gasteiger partial charge in [0.2, 0.25) is 0 Å². The molecule has 0 unspecified atom stereocenters. The average Bonchev–Trinajstić information content (AvgIpc) is 2.19. The standard InChI is InChI=1S/C12H16BrN/c1-14(2)12-8-5-7-11(10-12)6-3-4-9-13/h3,5-8,10H,4,9H2,1-2H3. The number of alkyl halides is 1. The first kappa shape index (κ1) is 11.3. The van der Waals surface area contributed by atoms with Crippen LogP contribution in [0.25, 0.3) is 6.08 Å². The topological polar surface area (TPSA) is 3.24 Å². The molecule has 0 spiro atoms. The van der Waals surface area contributed by atoms with Crippen LogP contribution in [0.3, 0.4) is 0 Å². The number of hydrogen-bond donors (Lipinski definition) is 0. The summed E-state index contributed by atoms with van der Waals surface area (Å²) in [6.07, 6.45) is 5.42. The van der Waals surface area contributed by atoms with Gasteiger partial charge < -0.3 is 4.90 Å². The number of rotatable bonds is 4. The number of nitrogens with zero attached hydrogens (tertiary/aromatic N) is 1. The van der Waals surface area contributed by atoms with E-state index in [9.17, 15) is 0 Å². The summed E-state index contributed by atoms with van der Waals surface area (Å²) in [6, 6.07) is 8.51. The van der Waals surface area contributed by atoms with Gasteiger partial charge in [-0.3, -0.25) is 0 Å². The maximum atomic E-state index is 3.40. The quantitative estimate of drug-likeness (QED) is 0.743. The molecular weight excluding hydrogens is 238 g/mol. The summed E-state index contributed by atoms with van der Waals surface area (Å²) in [5, 5.41) is 1.02. The van der Waals surface area contributed by atoms with Gasteiger partial charge in [0.15, 0.2) is 0 Å². The van der Waals surface area contributed by atoms with Crippen molar-refractivity contribution in [2.45, 2.75) is 6.42 Å². The minimum Gasteiger partial charge on any atom is -0.378 e. The lowest BCUT2D eigenvalue weighted by molar-refractivity contribution is 1.13. The molecule has 1 aromatic carbocycles. The Morgan fingerprint density at radius 2 is 2.14 bits per heavy atom. The molecule has 76 valence electrons. The summed E-state index contributed by atoms with van der Waals surface area (Å²) >= 11 is 3.40. The average molecular weight is 254 g/mol. The zero-order chi connectivity index (χ0) is 10.4. The van der Waals surface area contributed by atoms with E-state index in [2.05, 4.69) is 71.3 Å². The molecule has 1 aromatic rings. The van der Waals surface area contributed by atoms with Crippen molar-refractivity contribution in [1.82, 2.24) is 0 Å². The van der Waals surface area contributed by atoms with Crippen molar-refractivity contribution in [3.63, 3.8) is 0 Å².